The molecular formula is C13H24O3. The Bertz CT molecular complexity index is 235. The Morgan fingerprint density at radius 1 is 1.31 bits per heavy atom. The van der Waals surface area contributed by atoms with Crippen molar-refractivity contribution in [1.29, 1.82) is 0 Å². The van der Waals surface area contributed by atoms with Gasteiger partial charge in [-0.05, 0) is 37.5 Å². The Balaban J connectivity index is 2.61. The van der Waals surface area contributed by atoms with Crippen LogP contribution in [0, 0.1) is 17.8 Å². The van der Waals surface area contributed by atoms with E-state index in [1.54, 1.807) is 0 Å². The van der Waals surface area contributed by atoms with Crippen molar-refractivity contribution in [3.05, 3.63) is 0 Å². The first-order valence-electron chi connectivity index (χ1n) is 6.30. The smallest absolute Gasteiger partial charge is 0.334 e. The summed E-state index contributed by atoms with van der Waals surface area (Å²) in [5.74, 6) is 1.10. The Hall–Kier alpha value is -0.570. The van der Waals surface area contributed by atoms with Gasteiger partial charge in [0, 0.05) is 0 Å². The fourth-order valence-corrected chi connectivity index (χ4v) is 2.50. The van der Waals surface area contributed by atoms with E-state index in [9.17, 15) is 4.79 Å². The lowest BCUT2D eigenvalue weighted by Gasteiger charge is -2.36. The predicted molar refractivity (Wildman–Crippen MR) is 62.9 cm³/mol. The molecule has 0 spiro atoms. The van der Waals surface area contributed by atoms with Gasteiger partial charge in [-0.25, -0.2) is 4.79 Å². The predicted octanol–water partition coefficient (Wildman–Crippen LogP) is 2.37. The molecule has 1 aliphatic carbocycles. The van der Waals surface area contributed by atoms with E-state index < -0.39 is 12.1 Å². The van der Waals surface area contributed by atoms with Crippen LogP contribution in [-0.2, 0) is 9.53 Å². The molecule has 3 nitrogen and oxygen atoms in total. The largest absolute Gasteiger partial charge is 0.460 e. The monoisotopic (exact) mass is 228 g/mol. The van der Waals surface area contributed by atoms with Gasteiger partial charge in [0.1, 0.15) is 12.2 Å². The zero-order valence-corrected chi connectivity index (χ0v) is 10.8. The zero-order valence-electron chi connectivity index (χ0n) is 10.8. The highest BCUT2D eigenvalue weighted by atomic mass is 16.6. The third-order valence-corrected chi connectivity index (χ3v) is 3.57. The molecule has 1 saturated carbocycles. The average Bonchev–Trinajstić information content (AvgIpc) is 2.16. The molecule has 3 unspecified atom stereocenters. The molecule has 4 atom stereocenters. The van der Waals surface area contributed by atoms with Gasteiger partial charge in [-0.1, -0.05) is 27.2 Å². The van der Waals surface area contributed by atoms with Gasteiger partial charge in [0.25, 0.3) is 0 Å². The number of rotatable bonds is 3. The van der Waals surface area contributed by atoms with E-state index in [1.165, 1.54) is 13.3 Å². The fraction of sp³-hybridized carbons (Fsp3) is 0.923. The number of aliphatic hydroxyl groups is 1. The Morgan fingerprint density at radius 2 is 1.94 bits per heavy atom. The fourth-order valence-electron chi connectivity index (χ4n) is 2.50. The van der Waals surface area contributed by atoms with Gasteiger partial charge in [0.2, 0.25) is 0 Å². The summed E-state index contributed by atoms with van der Waals surface area (Å²) in [5.41, 5.74) is 0. The summed E-state index contributed by atoms with van der Waals surface area (Å²) in [7, 11) is 0. The van der Waals surface area contributed by atoms with E-state index >= 15 is 0 Å². The summed E-state index contributed by atoms with van der Waals surface area (Å²) in [6.45, 7) is 7.99. The second-order valence-electron chi connectivity index (χ2n) is 5.48. The topological polar surface area (TPSA) is 46.5 Å². The SMILES string of the molecule is CC1CCC(C(C)C)[C@H](OC(=O)C(C)O)C1. The maximum absolute atomic E-state index is 11.4. The summed E-state index contributed by atoms with van der Waals surface area (Å²) in [5, 5.41) is 9.17. The van der Waals surface area contributed by atoms with Gasteiger partial charge < -0.3 is 9.84 Å². The van der Waals surface area contributed by atoms with Crippen LogP contribution >= 0.6 is 0 Å². The zero-order chi connectivity index (χ0) is 12.3. The standard InChI is InChI=1S/C13H24O3/c1-8(2)11-6-5-9(3)7-12(11)16-13(15)10(4)14/h8-12,14H,5-7H2,1-4H3/t9?,10?,11?,12-/m1/s1. The molecule has 1 aliphatic rings. The summed E-state index contributed by atoms with van der Waals surface area (Å²) in [6, 6.07) is 0. The number of hydrogen-bond donors (Lipinski definition) is 1. The molecule has 0 aromatic heterocycles. The lowest BCUT2D eigenvalue weighted by molar-refractivity contribution is -0.164. The summed E-state index contributed by atoms with van der Waals surface area (Å²) >= 11 is 0. The van der Waals surface area contributed by atoms with Gasteiger partial charge in [-0.15, -0.1) is 0 Å². The number of aliphatic hydroxyl groups excluding tert-OH is 1. The first-order valence-corrected chi connectivity index (χ1v) is 6.30. The van der Waals surface area contributed by atoms with E-state index in [0.29, 0.717) is 17.8 Å². The molecule has 1 fully saturated rings. The number of esters is 1. The summed E-state index contributed by atoms with van der Waals surface area (Å²) in [6.07, 6.45) is 2.25. The van der Waals surface area contributed by atoms with Crippen LogP contribution in [0.3, 0.4) is 0 Å². The highest BCUT2D eigenvalue weighted by Gasteiger charge is 2.33. The quantitative estimate of drug-likeness (QED) is 0.754. The molecule has 1 rings (SSSR count). The van der Waals surface area contributed by atoms with Crippen molar-refractivity contribution >= 4 is 5.97 Å². The van der Waals surface area contributed by atoms with Crippen molar-refractivity contribution in [1.82, 2.24) is 0 Å². The van der Waals surface area contributed by atoms with Crippen LogP contribution < -0.4 is 0 Å². The van der Waals surface area contributed by atoms with E-state index in [4.69, 9.17) is 9.84 Å². The van der Waals surface area contributed by atoms with E-state index in [1.807, 2.05) is 0 Å². The molecule has 0 saturated heterocycles. The van der Waals surface area contributed by atoms with Crippen LogP contribution in [0.1, 0.15) is 47.0 Å². The Kier molecular flexibility index (Phi) is 4.78. The molecule has 0 amide bonds. The molecule has 94 valence electrons. The molecule has 1 N–H and O–H groups in total. The lowest BCUT2D eigenvalue weighted by Crippen LogP contribution is -2.37. The molecular weight excluding hydrogens is 204 g/mol. The normalized spacial score (nSPS) is 32.5. The van der Waals surface area contributed by atoms with E-state index in [0.717, 1.165) is 12.8 Å². The van der Waals surface area contributed by atoms with Crippen molar-refractivity contribution in [3.63, 3.8) is 0 Å². The van der Waals surface area contributed by atoms with Crippen LogP contribution in [0.4, 0.5) is 0 Å². The number of ether oxygens (including phenoxy) is 1. The number of hydrogen-bond acceptors (Lipinski definition) is 3. The van der Waals surface area contributed by atoms with Crippen molar-refractivity contribution < 1.29 is 14.6 Å². The summed E-state index contributed by atoms with van der Waals surface area (Å²) in [4.78, 5) is 11.4. The van der Waals surface area contributed by atoms with Gasteiger partial charge in [0.05, 0.1) is 0 Å². The maximum atomic E-state index is 11.4. The highest BCUT2D eigenvalue weighted by molar-refractivity contribution is 5.74. The second-order valence-corrected chi connectivity index (χ2v) is 5.48. The highest BCUT2D eigenvalue weighted by Crippen LogP contribution is 2.35. The van der Waals surface area contributed by atoms with Gasteiger partial charge in [-0.3, -0.25) is 0 Å². The number of carbonyl (C=O) groups excluding carboxylic acids is 1. The molecule has 0 aromatic rings. The minimum Gasteiger partial charge on any atom is -0.460 e. The van der Waals surface area contributed by atoms with Crippen molar-refractivity contribution in [2.45, 2.75) is 59.2 Å². The van der Waals surface area contributed by atoms with Crippen LogP contribution in [0.5, 0.6) is 0 Å². The molecule has 0 aliphatic heterocycles. The molecule has 16 heavy (non-hydrogen) atoms. The maximum Gasteiger partial charge on any atom is 0.334 e. The van der Waals surface area contributed by atoms with Gasteiger partial charge in [-0.2, -0.15) is 0 Å². The van der Waals surface area contributed by atoms with Crippen molar-refractivity contribution in [3.8, 4) is 0 Å². The molecule has 0 aromatic carbocycles. The average molecular weight is 228 g/mol. The molecule has 3 heteroatoms. The van der Waals surface area contributed by atoms with Crippen LogP contribution in [0.25, 0.3) is 0 Å². The van der Waals surface area contributed by atoms with Crippen LogP contribution in [0.15, 0.2) is 0 Å². The van der Waals surface area contributed by atoms with Gasteiger partial charge in [0.15, 0.2) is 0 Å². The van der Waals surface area contributed by atoms with E-state index in [-0.39, 0.29) is 6.10 Å². The molecule has 0 bridgehead atoms. The number of carbonyl (C=O) groups is 1. The third kappa shape index (κ3) is 3.48. The van der Waals surface area contributed by atoms with E-state index in [2.05, 4.69) is 20.8 Å². The molecule has 0 radical (unpaired) electrons. The van der Waals surface area contributed by atoms with Crippen LogP contribution in [0.2, 0.25) is 0 Å². The second kappa shape index (κ2) is 5.67. The van der Waals surface area contributed by atoms with Gasteiger partial charge >= 0.3 is 5.97 Å². The first-order chi connectivity index (χ1) is 7.41. The van der Waals surface area contributed by atoms with Crippen molar-refractivity contribution in [2.75, 3.05) is 0 Å². The minimum absolute atomic E-state index is 0.00847. The summed E-state index contributed by atoms with van der Waals surface area (Å²) < 4.78 is 5.41. The Labute approximate surface area is 98.2 Å². The Morgan fingerprint density at radius 3 is 2.44 bits per heavy atom. The van der Waals surface area contributed by atoms with Crippen LogP contribution in [-0.4, -0.2) is 23.3 Å². The third-order valence-electron chi connectivity index (χ3n) is 3.57. The first kappa shape index (κ1) is 13.5. The lowest BCUT2D eigenvalue weighted by atomic mass is 9.75. The minimum atomic E-state index is -1.01. The molecule has 0 heterocycles. The van der Waals surface area contributed by atoms with Crippen molar-refractivity contribution in [2.24, 2.45) is 17.8 Å².